The summed E-state index contributed by atoms with van der Waals surface area (Å²) in [7, 11) is -1.58. The van der Waals surface area contributed by atoms with Crippen LogP contribution in [0.4, 0.5) is 0 Å². The number of alkyl halides is 1. The maximum Gasteiger partial charge on any atom is 0.201 e. The summed E-state index contributed by atoms with van der Waals surface area (Å²) in [5, 5.41) is 0. The van der Waals surface area contributed by atoms with Gasteiger partial charge in [0.25, 0.3) is 0 Å². The Labute approximate surface area is 140 Å². The van der Waals surface area contributed by atoms with Crippen LogP contribution in [0, 0.1) is 0 Å². The van der Waals surface area contributed by atoms with E-state index in [-0.39, 0.29) is 0 Å². The van der Waals surface area contributed by atoms with E-state index in [1.54, 1.807) is 0 Å². The van der Waals surface area contributed by atoms with E-state index in [9.17, 15) is 0 Å². The van der Waals surface area contributed by atoms with Crippen molar-refractivity contribution in [3.63, 3.8) is 0 Å². The smallest absolute Gasteiger partial charge is 0.201 e. The van der Waals surface area contributed by atoms with Crippen LogP contribution in [0.2, 0.25) is 13.1 Å². The van der Waals surface area contributed by atoms with E-state index in [0.717, 1.165) is 0 Å². The molecule has 0 spiro atoms. The van der Waals surface area contributed by atoms with Gasteiger partial charge in [-0.1, -0.05) is 77.6 Å². The van der Waals surface area contributed by atoms with Gasteiger partial charge in [0.1, 0.15) is 0 Å². The molecule has 128 valence electrons. The highest BCUT2D eigenvalue weighted by atomic mass is 35.5. The van der Waals surface area contributed by atoms with E-state index in [1.165, 1.54) is 77.0 Å². The van der Waals surface area contributed by atoms with Crippen molar-refractivity contribution < 1.29 is 4.43 Å². The Morgan fingerprint density at radius 1 is 0.810 bits per heavy atom. The third-order valence-corrected chi connectivity index (χ3v) is 7.67. The fraction of sp³-hybridized carbons (Fsp3) is 1.00. The molecule has 0 aliphatic heterocycles. The van der Waals surface area contributed by atoms with Gasteiger partial charge in [-0.2, -0.15) is 0 Å². The zero-order chi connectivity index (χ0) is 16.0. The number of halogens is 1. The highest BCUT2D eigenvalue weighted by Crippen LogP contribution is 2.16. The van der Waals surface area contributed by atoms with Crippen LogP contribution >= 0.6 is 11.6 Å². The van der Waals surface area contributed by atoms with Crippen molar-refractivity contribution in [3.05, 3.63) is 0 Å². The van der Waals surface area contributed by atoms with E-state index in [2.05, 4.69) is 26.9 Å². The van der Waals surface area contributed by atoms with Crippen molar-refractivity contribution in [2.75, 3.05) is 5.50 Å². The van der Waals surface area contributed by atoms with E-state index >= 15 is 0 Å². The average molecular weight is 335 g/mol. The molecule has 0 aromatic heterocycles. The van der Waals surface area contributed by atoms with Gasteiger partial charge in [-0.3, -0.25) is 0 Å². The molecule has 0 aromatic carbocycles. The summed E-state index contributed by atoms with van der Waals surface area (Å²) in [4.78, 5) is 0. The van der Waals surface area contributed by atoms with Crippen LogP contribution in [0.1, 0.15) is 90.9 Å². The van der Waals surface area contributed by atoms with Crippen LogP contribution in [-0.2, 0) is 4.43 Å². The van der Waals surface area contributed by atoms with Gasteiger partial charge in [-0.05, 0) is 26.4 Å². The minimum absolute atomic E-state index is 0.393. The van der Waals surface area contributed by atoms with E-state index in [4.69, 9.17) is 16.0 Å². The summed E-state index contributed by atoms with van der Waals surface area (Å²) in [5.41, 5.74) is 0.704. The normalized spacial score (nSPS) is 13.6. The van der Waals surface area contributed by atoms with Gasteiger partial charge in [0, 0.05) is 11.6 Å². The Morgan fingerprint density at radius 3 is 1.67 bits per heavy atom. The van der Waals surface area contributed by atoms with Gasteiger partial charge in [0.15, 0.2) is 0 Å². The van der Waals surface area contributed by atoms with Gasteiger partial charge in [0.05, 0.1) is 0 Å². The molecule has 3 heteroatoms. The summed E-state index contributed by atoms with van der Waals surface area (Å²) >= 11 is 5.95. The van der Waals surface area contributed by atoms with Gasteiger partial charge < -0.3 is 4.43 Å². The molecule has 21 heavy (non-hydrogen) atoms. The summed E-state index contributed by atoms with van der Waals surface area (Å²) < 4.78 is 6.09. The maximum atomic E-state index is 6.09. The predicted molar refractivity (Wildman–Crippen MR) is 99.8 cm³/mol. The van der Waals surface area contributed by atoms with Crippen molar-refractivity contribution >= 4 is 19.9 Å². The van der Waals surface area contributed by atoms with E-state index < -0.39 is 8.32 Å². The molecule has 0 rings (SSSR count). The Kier molecular flexibility index (Phi) is 14.4. The lowest BCUT2D eigenvalue weighted by Crippen LogP contribution is -2.36. The SMILES string of the molecule is CCCCCCCCCCCCCC(C)O[Si](C)(C)CCl. The van der Waals surface area contributed by atoms with E-state index in [1.807, 2.05) is 0 Å². The molecule has 1 atom stereocenters. The fourth-order valence-electron chi connectivity index (χ4n) is 2.73. The van der Waals surface area contributed by atoms with Gasteiger partial charge >= 0.3 is 0 Å². The zero-order valence-corrected chi connectivity index (χ0v) is 16.8. The van der Waals surface area contributed by atoms with Crippen LogP contribution in [0.25, 0.3) is 0 Å². The third-order valence-electron chi connectivity index (χ3n) is 4.06. The summed E-state index contributed by atoms with van der Waals surface area (Å²) in [6.45, 7) is 8.90. The minimum atomic E-state index is -1.58. The molecule has 0 saturated carbocycles. The largest absolute Gasteiger partial charge is 0.414 e. The topological polar surface area (TPSA) is 9.23 Å². The number of hydrogen-bond acceptors (Lipinski definition) is 1. The quantitative estimate of drug-likeness (QED) is 0.177. The molecule has 0 aliphatic rings. The fourth-order valence-corrected chi connectivity index (χ4v) is 4.19. The van der Waals surface area contributed by atoms with Gasteiger partial charge in [-0.25, -0.2) is 0 Å². The first-order valence-corrected chi connectivity index (χ1v) is 12.9. The van der Waals surface area contributed by atoms with Crippen LogP contribution < -0.4 is 0 Å². The summed E-state index contributed by atoms with van der Waals surface area (Å²) in [6.07, 6.45) is 17.1. The molecule has 0 bridgehead atoms. The van der Waals surface area contributed by atoms with Gasteiger partial charge in [-0.15, -0.1) is 11.6 Å². The number of hydrogen-bond donors (Lipinski definition) is 0. The summed E-state index contributed by atoms with van der Waals surface area (Å²) in [5.74, 6) is 0. The lowest BCUT2D eigenvalue weighted by Gasteiger charge is -2.25. The van der Waals surface area contributed by atoms with Crippen LogP contribution in [0.15, 0.2) is 0 Å². The van der Waals surface area contributed by atoms with Crippen molar-refractivity contribution in [2.45, 2.75) is 110 Å². The van der Waals surface area contributed by atoms with E-state index in [0.29, 0.717) is 11.6 Å². The zero-order valence-electron chi connectivity index (χ0n) is 15.1. The Morgan fingerprint density at radius 2 is 1.24 bits per heavy atom. The summed E-state index contributed by atoms with van der Waals surface area (Å²) in [6, 6.07) is 0. The van der Waals surface area contributed by atoms with Crippen molar-refractivity contribution in [3.8, 4) is 0 Å². The highest BCUT2D eigenvalue weighted by Gasteiger charge is 2.23. The second-order valence-electron chi connectivity index (χ2n) is 7.15. The monoisotopic (exact) mass is 334 g/mol. The second-order valence-corrected chi connectivity index (χ2v) is 12.0. The van der Waals surface area contributed by atoms with Crippen molar-refractivity contribution in [1.82, 2.24) is 0 Å². The molecule has 0 aromatic rings. The molecule has 0 saturated heterocycles. The maximum absolute atomic E-state index is 6.09. The van der Waals surface area contributed by atoms with Crippen molar-refractivity contribution in [2.24, 2.45) is 0 Å². The lowest BCUT2D eigenvalue weighted by atomic mass is 10.0. The molecule has 0 radical (unpaired) electrons. The van der Waals surface area contributed by atoms with Crippen LogP contribution in [0.3, 0.4) is 0 Å². The first kappa shape index (κ1) is 21.5. The van der Waals surface area contributed by atoms with Crippen LogP contribution in [0.5, 0.6) is 0 Å². The Hall–Kier alpha value is 0.467. The number of rotatable bonds is 15. The average Bonchev–Trinajstić information content (AvgIpc) is 2.44. The third kappa shape index (κ3) is 15.1. The molecule has 0 aliphatic carbocycles. The Bertz CT molecular complexity index is 221. The molecular weight excluding hydrogens is 296 g/mol. The van der Waals surface area contributed by atoms with Crippen molar-refractivity contribution in [1.29, 1.82) is 0 Å². The first-order chi connectivity index (χ1) is 10.0. The molecule has 1 nitrogen and oxygen atoms in total. The molecule has 0 heterocycles. The predicted octanol–water partition coefficient (Wildman–Crippen LogP) is 7.08. The minimum Gasteiger partial charge on any atom is -0.414 e. The highest BCUT2D eigenvalue weighted by molar-refractivity contribution is 6.77. The number of unbranched alkanes of at least 4 members (excludes halogenated alkanes) is 10. The lowest BCUT2D eigenvalue weighted by molar-refractivity contribution is 0.198. The van der Waals surface area contributed by atoms with Gasteiger partial charge in [0.2, 0.25) is 8.32 Å². The Balaban J connectivity index is 3.25. The molecule has 0 fully saturated rings. The molecule has 1 unspecified atom stereocenters. The van der Waals surface area contributed by atoms with Crippen LogP contribution in [-0.4, -0.2) is 19.9 Å². The molecular formula is C18H39ClOSi. The second kappa shape index (κ2) is 14.1. The standard InChI is InChI=1S/C18H39ClOSi/c1-5-6-7-8-9-10-11-12-13-14-15-16-18(2)20-21(3,4)17-19/h18H,5-17H2,1-4H3. The first-order valence-electron chi connectivity index (χ1n) is 9.25. The molecule has 0 N–H and O–H groups in total. The molecule has 0 amide bonds.